The molecule has 0 unspecified atom stereocenters. The van der Waals surface area contributed by atoms with Crippen molar-refractivity contribution in [1.29, 1.82) is 0 Å². The van der Waals surface area contributed by atoms with Crippen LogP contribution in [0, 0.1) is 52.3 Å². The summed E-state index contributed by atoms with van der Waals surface area (Å²) in [6.45, 7) is 10.9. The molecule has 4 saturated carbocycles. The van der Waals surface area contributed by atoms with Gasteiger partial charge in [0, 0.05) is 12.3 Å². The average molecular weight is 417 g/mol. The van der Waals surface area contributed by atoms with Crippen LogP contribution in [-0.2, 0) is 9.47 Å². The SMILES string of the molecule is C[C@H]1CC[C@]2(OC1)O[C@@H]1C[C@@H]3[C@H]4CC[C@@H]5C[C@H](O)CC[C@@]5(C)[C@@H]4CC[C@@]3(C)[C@@H]1[C@H]2C. The molecule has 6 rings (SSSR count). The Hall–Kier alpha value is -0.120. The molecular weight excluding hydrogens is 372 g/mol. The van der Waals surface area contributed by atoms with Gasteiger partial charge in [-0.15, -0.1) is 0 Å². The van der Waals surface area contributed by atoms with Crippen molar-refractivity contribution in [3.8, 4) is 0 Å². The third-order valence-electron chi connectivity index (χ3n) is 11.9. The van der Waals surface area contributed by atoms with Crippen LogP contribution in [0.15, 0.2) is 0 Å². The maximum atomic E-state index is 10.3. The smallest absolute Gasteiger partial charge is 0.171 e. The lowest BCUT2D eigenvalue weighted by Crippen LogP contribution is -2.55. The molecule has 2 saturated heterocycles. The van der Waals surface area contributed by atoms with Crippen molar-refractivity contribution in [3.05, 3.63) is 0 Å². The Morgan fingerprint density at radius 3 is 2.40 bits per heavy atom. The van der Waals surface area contributed by atoms with E-state index in [2.05, 4.69) is 27.7 Å². The molecule has 4 aliphatic carbocycles. The molecule has 0 aromatic carbocycles. The van der Waals surface area contributed by atoms with Gasteiger partial charge in [-0.3, -0.25) is 0 Å². The van der Waals surface area contributed by atoms with Crippen LogP contribution in [0.1, 0.15) is 91.9 Å². The molecule has 0 amide bonds. The molecule has 0 radical (unpaired) electrons. The van der Waals surface area contributed by atoms with Crippen molar-refractivity contribution in [2.75, 3.05) is 6.61 Å². The van der Waals surface area contributed by atoms with Crippen LogP contribution in [0.25, 0.3) is 0 Å². The van der Waals surface area contributed by atoms with Gasteiger partial charge in [-0.2, -0.15) is 0 Å². The molecule has 2 aliphatic heterocycles. The molecule has 1 N–H and O–H groups in total. The van der Waals surface area contributed by atoms with Gasteiger partial charge in [-0.05, 0) is 104 Å². The predicted molar refractivity (Wildman–Crippen MR) is 118 cm³/mol. The number of hydrogen-bond donors (Lipinski definition) is 1. The molecule has 1 spiro atoms. The maximum absolute atomic E-state index is 10.3. The average Bonchev–Trinajstić information content (AvgIpc) is 3.16. The zero-order valence-electron chi connectivity index (χ0n) is 19.7. The monoisotopic (exact) mass is 416 g/mol. The summed E-state index contributed by atoms with van der Waals surface area (Å²) in [6, 6.07) is 0. The number of ether oxygens (including phenoxy) is 2. The molecule has 3 nitrogen and oxygen atoms in total. The first-order chi connectivity index (χ1) is 14.3. The summed E-state index contributed by atoms with van der Waals surface area (Å²) in [4.78, 5) is 0. The second-order valence-corrected chi connectivity index (χ2v) is 13.1. The van der Waals surface area contributed by atoms with Crippen LogP contribution in [0.4, 0.5) is 0 Å². The van der Waals surface area contributed by atoms with E-state index < -0.39 is 0 Å². The summed E-state index contributed by atoms with van der Waals surface area (Å²) in [5, 5.41) is 10.3. The minimum Gasteiger partial charge on any atom is -0.393 e. The van der Waals surface area contributed by atoms with E-state index in [4.69, 9.17) is 9.47 Å². The molecule has 3 heteroatoms. The first-order valence-electron chi connectivity index (χ1n) is 13.3. The highest BCUT2D eigenvalue weighted by Crippen LogP contribution is 2.71. The predicted octanol–water partition coefficient (Wildman–Crippen LogP) is 5.79. The Bertz CT molecular complexity index is 684. The Morgan fingerprint density at radius 1 is 0.833 bits per heavy atom. The number of rotatable bonds is 0. The van der Waals surface area contributed by atoms with Gasteiger partial charge in [0.05, 0.1) is 18.8 Å². The van der Waals surface area contributed by atoms with Gasteiger partial charge < -0.3 is 14.6 Å². The van der Waals surface area contributed by atoms with E-state index >= 15 is 0 Å². The first kappa shape index (κ1) is 20.5. The van der Waals surface area contributed by atoms with E-state index in [1.165, 1.54) is 44.9 Å². The summed E-state index contributed by atoms with van der Waals surface area (Å²) in [5.41, 5.74) is 0.899. The summed E-state index contributed by atoms with van der Waals surface area (Å²) in [7, 11) is 0. The van der Waals surface area contributed by atoms with Crippen molar-refractivity contribution in [2.24, 2.45) is 52.3 Å². The van der Waals surface area contributed by atoms with E-state index in [1.54, 1.807) is 0 Å². The number of aliphatic hydroxyl groups excluding tert-OH is 1. The lowest BCUT2D eigenvalue weighted by Gasteiger charge is -2.61. The minimum absolute atomic E-state index is 0.0389. The van der Waals surface area contributed by atoms with Crippen LogP contribution in [0.5, 0.6) is 0 Å². The topological polar surface area (TPSA) is 38.7 Å². The number of fused-ring (bicyclic) bond motifs is 7. The van der Waals surface area contributed by atoms with Crippen LogP contribution >= 0.6 is 0 Å². The lowest BCUT2D eigenvalue weighted by molar-refractivity contribution is -0.273. The van der Waals surface area contributed by atoms with Gasteiger partial charge in [-0.25, -0.2) is 0 Å². The second kappa shape index (κ2) is 6.70. The largest absolute Gasteiger partial charge is 0.393 e. The molecule has 0 aromatic heterocycles. The van der Waals surface area contributed by atoms with Crippen LogP contribution in [-0.4, -0.2) is 29.7 Å². The molecular formula is C27H44O3. The van der Waals surface area contributed by atoms with E-state index in [1.807, 2.05) is 0 Å². The van der Waals surface area contributed by atoms with Crippen LogP contribution < -0.4 is 0 Å². The van der Waals surface area contributed by atoms with Crippen molar-refractivity contribution in [3.63, 3.8) is 0 Å². The molecule has 2 heterocycles. The number of hydrogen-bond acceptors (Lipinski definition) is 3. The van der Waals surface area contributed by atoms with Crippen molar-refractivity contribution < 1.29 is 14.6 Å². The normalized spacial score (nSPS) is 62.5. The molecule has 0 bridgehead atoms. The van der Waals surface area contributed by atoms with E-state index in [9.17, 15) is 5.11 Å². The Morgan fingerprint density at radius 2 is 1.63 bits per heavy atom. The van der Waals surface area contributed by atoms with Crippen molar-refractivity contribution in [1.82, 2.24) is 0 Å². The fourth-order valence-corrected chi connectivity index (χ4v) is 10.3. The number of aliphatic hydroxyl groups is 1. The molecule has 6 fully saturated rings. The van der Waals surface area contributed by atoms with Crippen molar-refractivity contribution in [2.45, 2.75) is 110 Å². The third kappa shape index (κ3) is 2.61. The van der Waals surface area contributed by atoms with Crippen LogP contribution in [0.3, 0.4) is 0 Å². The lowest BCUT2D eigenvalue weighted by atomic mass is 9.44. The fraction of sp³-hybridized carbons (Fsp3) is 1.00. The maximum Gasteiger partial charge on any atom is 0.171 e. The Balaban J connectivity index is 1.26. The zero-order chi connectivity index (χ0) is 20.9. The molecule has 30 heavy (non-hydrogen) atoms. The summed E-state index contributed by atoms with van der Waals surface area (Å²) in [5.74, 6) is 4.93. The Kier molecular flexibility index (Phi) is 4.58. The van der Waals surface area contributed by atoms with Gasteiger partial charge in [-0.1, -0.05) is 27.7 Å². The summed E-state index contributed by atoms with van der Waals surface area (Å²) < 4.78 is 13.4. The van der Waals surface area contributed by atoms with Gasteiger partial charge in [0.2, 0.25) is 0 Å². The highest BCUT2D eigenvalue weighted by atomic mass is 16.7. The van der Waals surface area contributed by atoms with Crippen LogP contribution in [0.2, 0.25) is 0 Å². The quantitative estimate of drug-likeness (QED) is 0.543. The Labute approximate surface area is 183 Å². The summed E-state index contributed by atoms with van der Waals surface area (Å²) in [6.07, 6.45) is 12.9. The van der Waals surface area contributed by atoms with Gasteiger partial charge in [0.15, 0.2) is 5.79 Å². The van der Waals surface area contributed by atoms with Gasteiger partial charge in [0.25, 0.3) is 0 Å². The standard InChI is InChI=1S/C27H44O3/c1-16-7-12-27(29-15-16)17(2)24-23(30-27)14-22-20-6-5-18-13-19(28)8-10-25(18,3)21(20)9-11-26(22,24)4/h16-24,28H,5-15H2,1-4H3/t16-,17+,18+,19+,20-,21+,22+,23+,24+,25+,26+,27-/m0/s1. The second-order valence-electron chi connectivity index (χ2n) is 13.1. The van der Waals surface area contributed by atoms with E-state index in [0.29, 0.717) is 34.7 Å². The molecule has 12 atom stereocenters. The molecule has 170 valence electrons. The molecule has 0 aromatic rings. The highest BCUT2D eigenvalue weighted by Gasteiger charge is 2.69. The van der Waals surface area contributed by atoms with E-state index in [0.717, 1.165) is 49.5 Å². The highest BCUT2D eigenvalue weighted by molar-refractivity contribution is 5.15. The third-order valence-corrected chi connectivity index (χ3v) is 11.9. The van der Waals surface area contributed by atoms with E-state index in [-0.39, 0.29) is 11.9 Å². The minimum atomic E-state index is -0.282. The van der Waals surface area contributed by atoms with Gasteiger partial charge >= 0.3 is 0 Å². The van der Waals surface area contributed by atoms with Crippen molar-refractivity contribution >= 4 is 0 Å². The van der Waals surface area contributed by atoms with Gasteiger partial charge in [0.1, 0.15) is 0 Å². The summed E-state index contributed by atoms with van der Waals surface area (Å²) >= 11 is 0. The zero-order valence-corrected chi connectivity index (χ0v) is 19.7. The fourth-order valence-electron chi connectivity index (χ4n) is 10.3. The first-order valence-corrected chi connectivity index (χ1v) is 13.3. The molecule has 6 aliphatic rings.